The van der Waals surface area contributed by atoms with Gasteiger partial charge in [0, 0.05) is 22.5 Å². The van der Waals surface area contributed by atoms with Crippen molar-refractivity contribution in [1.29, 1.82) is 0 Å². The van der Waals surface area contributed by atoms with E-state index >= 15 is 0 Å². The van der Waals surface area contributed by atoms with Crippen molar-refractivity contribution >= 4 is 34.7 Å². The van der Waals surface area contributed by atoms with Crippen molar-refractivity contribution in [2.75, 3.05) is 11.5 Å². The molecular formula is C25H21ClN2O4. The molecule has 7 heteroatoms. The van der Waals surface area contributed by atoms with Crippen LogP contribution in [0.25, 0.3) is 5.76 Å². The Bertz CT molecular complexity index is 1180. The first-order valence-electron chi connectivity index (χ1n) is 10.2. The fraction of sp³-hybridized carbons (Fsp3) is 0.160. The zero-order valence-corrected chi connectivity index (χ0v) is 18.1. The second kappa shape index (κ2) is 9.24. The van der Waals surface area contributed by atoms with Crippen molar-refractivity contribution in [1.82, 2.24) is 4.98 Å². The Hall–Kier alpha value is -3.64. The number of ether oxygens (including phenoxy) is 1. The van der Waals surface area contributed by atoms with Crippen molar-refractivity contribution in [3.63, 3.8) is 0 Å². The van der Waals surface area contributed by atoms with Crippen LogP contribution >= 0.6 is 11.6 Å². The molecule has 0 saturated carbocycles. The summed E-state index contributed by atoms with van der Waals surface area (Å²) in [6.45, 7) is 2.52. The van der Waals surface area contributed by atoms with Crippen molar-refractivity contribution in [3.8, 4) is 5.75 Å². The molecule has 32 heavy (non-hydrogen) atoms. The largest absolute Gasteiger partial charge is 0.507 e. The minimum atomic E-state index is -0.891. The van der Waals surface area contributed by atoms with Crippen LogP contribution in [0, 0.1) is 0 Å². The van der Waals surface area contributed by atoms with Gasteiger partial charge in [-0.25, -0.2) is 0 Å². The van der Waals surface area contributed by atoms with Crippen LogP contribution in [-0.4, -0.2) is 28.4 Å². The molecule has 1 fully saturated rings. The van der Waals surface area contributed by atoms with Gasteiger partial charge in [-0.1, -0.05) is 36.7 Å². The summed E-state index contributed by atoms with van der Waals surface area (Å²) in [5.41, 5.74) is 1.29. The zero-order chi connectivity index (χ0) is 22.7. The normalized spacial score (nSPS) is 17.6. The average Bonchev–Trinajstić information content (AvgIpc) is 3.09. The number of nitrogens with zero attached hydrogens (tertiary/aromatic N) is 2. The summed E-state index contributed by atoms with van der Waals surface area (Å²) in [5.74, 6) is -1.24. The number of aromatic nitrogens is 1. The third kappa shape index (κ3) is 4.09. The van der Waals surface area contributed by atoms with Crippen LogP contribution in [0.1, 0.15) is 30.6 Å². The van der Waals surface area contributed by atoms with Crippen molar-refractivity contribution in [2.45, 2.75) is 19.4 Å². The molecule has 1 aliphatic heterocycles. The summed E-state index contributed by atoms with van der Waals surface area (Å²) in [5, 5.41) is 11.7. The molecule has 2 aromatic carbocycles. The molecule has 1 amide bonds. The monoisotopic (exact) mass is 448 g/mol. The van der Waals surface area contributed by atoms with Crippen molar-refractivity contribution < 1.29 is 19.4 Å². The van der Waals surface area contributed by atoms with Gasteiger partial charge in [-0.3, -0.25) is 19.5 Å². The number of carbonyl (C=O) groups is 2. The SMILES string of the molecule is CCCOc1cccc(/C(O)=C2/C(=O)C(=O)N(c3ccc(Cl)cc3)C2c2ccccn2)c1. The average molecular weight is 449 g/mol. The lowest BCUT2D eigenvalue weighted by molar-refractivity contribution is -0.132. The number of carbonyl (C=O) groups excluding carboxylic acids is 2. The number of ketones is 1. The fourth-order valence-electron chi connectivity index (χ4n) is 3.63. The number of halogens is 1. The van der Waals surface area contributed by atoms with Crippen LogP contribution in [-0.2, 0) is 9.59 Å². The summed E-state index contributed by atoms with van der Waals surface area (Å²) in [4.78, 5) is 31.9. The summed E-state index contributed by atoms with van der Waals surface area (Å²) in [6.07, 6.45) is 2.42. The highest BCUT2D eigenvalue weighted by molar-refractivity contribution is 6.51. The van der Waals surface area contributed by atoms with Crippen LogP contribution in [0.15, 0.2) is 78.5 Å². The van der Waals surface area contributed by atoms with Gasteiger partial charge in [0.2, 0.25) is 0 Å². The molecular weight excluding hydrogens is 428 g/mol. The third-order valence-electron chi connectivity index (χ3n) is 5.10. The smallest absolute Gasteiger partial charge is 0.300 e. The molecule has 1 aromatic heterocycles. The van der Waals surface area contributed by atoms with Gasteiger partial charge in [0.05, 0.1) is 17.9 Å². The predicted molar refractivity (Wildman–Crippen MR) is 123 cm³/mol. The fourth-order valence-corrected chi connectivity index (χ4v) is 3.75. The lowest BCUT2D eigenvalue weighted by Gasteiger charge is -2.24. The van der Waals surface area contributed by atoms with Crippen LogP contribution < -0.4 is 9.64 Å². The number of hydrogen-bond acceptors (Lipinski definition) is 5. The first kappa shape index (κ1) is 21.6. The van der Waals surface area contributed by atoms with E-state index in [1.54, 1.807) is 72.9 Å². The Morgan fingerprint density at radius 2 is 1.88 bits per heavy atom. The molecule has 1 saturated heterocycles. The molecule has 3 aromatic rings. The second-order valence-electron chi connectivity index (χ2n) is 7.28. The summed E-state index contributed by atoms with van der Waals surface area (Å²) in [7, 11) is 0. The number of rotatable bonds is 6. The van der Waals surface area contributed by atoms with Crippen molar-refractivity contribution in [2.24, 2.45) is 0 Å². The van der Waals surface area contributed by atoms with Crippen LogP contribution in [0.4, 0.5) is 5.69 Å². The topological polar surface area (TPSA) is 79.7 Å². The number of Topliss-reactive ketones (excluding diaryl/α,β-unsaturated/α-hetero) is 1. The number of hydrogen-bond donors (Lipinski definition) is 1. The highest BCUT2D eigenvalue weighted by atomic mass is 35.5. The molecule has 1 aliphatic rings. The third-order valence-corrected chi connectivity index (χ3v) is 5.35. The standard InChI is InChI=1S/C25H21ClN2O4/c1-2-14-32-19-7-5-6-16(15-19)23(29)21-22(20-8-3-4-13-27-20)28(25(31)24(21)30)18-11-9-17(26)10-12-18/h3-13,15,22,29H,2,14H2,1H3/b23-21-. The highest BCUT2D eigenvalue weighted by Crippen LogP contribution is 2.41. The van der Waals surface area contributed by atoms with E-state index in [9.17, 15) is 14.7 Å². The number of pyridine rings is 1. The number of aliphatic hydroxyl groups is 1. The van der Waals surface area contributed by atoms with Gasteiger partial charge in [0.1, 0.15) is 17.6 Å². The lowest BCUT2D eigenvalue weighted by atomic mass is 9.98. The minimum Gasteiger partial charge on any atom is -0.507 e. The maximum atomic E-state index is 13.1. The van der Waals surface area contributed by atoms with E-state index in [1.165, 1.54) is 4.90 Å². The van der Waals surface area contributed by atoms with Crippen LogP contribution in [0.3, 0.4) is 0 Å². The molecule has 2 heterocycles. The van der Waals surface area contributed by atoms with Gasteiger partial charge in [-0.05, 0) is 55.0 Å². The quantitative estimate of drug-likeness (QED) is 0.320. The number of aliphatic hydroxyl groups excluding tert-OH is 1. The Labute approximate surface area is 190 Å². The van der Waals surface area contributed by atoms with Crippen LogP contribution in [0.2, 0.25) is 5.02 Å². The first-order chi connectivity index (χ1) is 15.5. The Balaban J connectivity index is 1.87. The maximum Gasteiger partial charge on any atom is 0.300 e. The van der Waals surface area contributed by atoms with E-state index in [0.29, 0.717) is 34.3 Å². The molecule has 4 rings (SSSR count). The Morgan fingerprint density at radius 3 is 2.56 bits per heavy atom. The van der Waals surface area contributed by atoms with Gasteiger partial charge in [-0.15, -0.1) is 0 Å². The molecule has 1 unspecified atom stereocenters. The molecule has 0 radical (unpaired) electrons. The first-order valence-corrected chi connectivity index (χ1v) is 10.6. The van der Waals surface area contributed by atoms with Gasteiger partial charge in [0.25, 0.3) is 11.7 Å². The van der Waals surface area contributed by atoms with E-state index in [2.05, 4.69) is 4.98 Å². The van der Waals surface area contributed by atoms with E-state index in [1.807, 2.05) is 6.92 Å². The number of amides is 1. The maximum absolute atomic E-state index is 13.1. The number of benzene rings is 2. The highest BCUT2D eigenvalue weighted by Gasteiger charge is 2.47. The van der Waals surface area contributed by atoms with Gasteiger partial charge < -0.3 is 9.84 Å². The minimum absolute atomic E-state index is 0.0312. The van der Waals surface area contributed by atoms with E-state index in [4.69, 9.17) is 16.3 Å². The van der Waals surface area contributed by atoms with E-state index < -0.39 is 17.7 Å². The predicted octanol–water partition coefficient (Wildman–Crippen LogP) is 5.15. The molecule has 0 spiro atoms. The second-order valence-corrected chi connectivity index (χ2v) is 7.71. The van der Waals surface area contributed by atoms with Gasteiger partial charge >= 0.3 is 0 Å². The van der Waals surface area contributed by atoms with E-state index in [-0.39, 0.29) is 11.3 Å². The molecule has 0 aliphatic carbocycles. The van der Waals surface area contributed by atoms with Crippen LogP contribution in [0.5, 0.6) is 5.75 Å². The zero-order valence-electron chi connectivity index (χ0n) is 17.4. The van der Waals surface area contributed by atoms with Gasteiger partial charge in [0.15, 0.2) is 0 Å². The Morgan fingerprint density at radius 1 is 1.09 bits per heavy atom. The Kier molecular flexibility index (Phi) is 6.23. The van der Waals surface area contributed by atoms with Crippen molar-refractivity contribution in [3.05, 3.63) is 94.8 Å². The molecule has 1 atom stereocenters. The molecule has 1 N–H and O–H groups in total. The summed E-state index contributed by atoms with van der Waals surface area (Å²) >= 11 is 6.00. The molecule has 6 nitrogen and oxygen atoms in total. The molecule has 162 valence electrons. The molecule has 0 bridgehead atoms. The number of anilines is 1. The summed E-state index contributed by atoms with van der Waals surface area (Å²) in [6, 6.07) is 17.7. The summed E-state index contributed by atoms with van der Waals surface area (Å²) < 4.78 is 5.65. The lowest BCUT2D eigenvalue weighted by Crippen LogP contribution is -2.29. The van der Waals surface area contributed by atoms with E-state index in [0.717, 1.165) is 6.42 Å². The van der Waals surface area contributed by atoms with Gasteiger partial charge in [-0.2, -0.15) is 0 Å².